The van der Waals surface area contributed by atoms with Gasteiger partial charge in [0.2, 0.25) is 10.0 Å². The van der Waals surface area contributed by atoms with Crippen LogP contribution in [-0.4, -0.2) is 43.8 Å². The highest BCUT2D eigenvalue weighted by Gasteiger charge is 2.21. The van der Waals surface area contributed by atoms with Gasteiger partial charge in [0.25, 0.3) is 0 Å². The third-order valence-corrected chi connectivity index (χ3v) is 7.85. The minimum Gasteiger partial charge on any atom is -0.457 e. The number of hydrogen-bond donors (Lipinski definition) is 0. The highest BCUT2D eigenvalue weighted by Crippen LogP contribution is 2.28. The minimum absolute atomic E-state index is 0.292. The Morgan fingerprint density at radius 2 is 1.57 bits per heavy atom. The largest absolute Gasteiger partial charge is 0.457 e. The van der Waals surface area contributed by atoms with Gasteiger partial charge in [0.05, 0.1) is 4.90 Å². The summed E-state index contributed by atoms with van der Waals surface area (Å²) in [5.41, 5.74) is 4.01. The molecule has 2 aliphatic rings. The predicted molar refractivity (Wildman–Crippen MR) is 119 cm³/mol. The topological polar surface area (TPSA) is 49.9 Å². The summed E-state index contributed by atoms with van der Waals surface area (Å²) in [5, 5.41) is 0. The van der Waals surface area contributed by atoms with Gasteiger partial charge < -0.3 is 9.64 Å². The van der Waals surface area contributed by atoms with Crippen molar-refractivity contribution in [1.29, 1.82) is 0 Å². The Kier molecular flexibility index (Phi) is 5.97. The van der Waals surface area contributed by atoms with Gasteiger partial charge in [0.15, 0.2) is 0 Å². The molecule has 6 heteroatoms. The monoisotopic (exact) mass is 424 g/mol. The summed E-state index contributed by atoms with van der Waals surface area (Å²) in [7, 11) is -3.45. The zero-order valence-electron chi connectivity index (χ0n) is 17.5. The number of rotatable bonds is 7. The van der Waals surface area contributed by atoms with Crippen molar-refractivity contribution >= 4 is 10.0 Å². The van der Waals surface area contributed by atoms with Crippen LogP contribution in [0.5, 0.6) is 11.5 Å². The normalized spacial score (nSPS) is 16.0. The first-order valence-electron chi connectivity index (χ1n) is 10.5. The van der Waals surface area contributed by atoms with Crippen LogP contribution in [0.3, 0.4) is 0 Å². The van der Waals surface area contributed by atoms with Crippen LogP contribution in [0.15, 0.2) is 71.3 Å². The van der Waals surface area contributed by atoms with Crippen molar-refractivity contribution in [3.63, 3.8) is 0 Å². The van der Waals surface area contributed by atoms with Gasteiger partial charge in [-0.25, -0.2) is 8.42 Å². The van der Waals surface area contributed by atoms with Crippen molar-refractivity contribution < 1.29 is 13.2 Å². The van der Waals surface area contributed by atoms with Crippen molar-refractivity contribution in [3.05, 3.63) is 77.5 Å². The van der Waals surface area contributed by atoms with Gasteiger partial charge in [-0.2, -0.15) is 4.31 Å². The van der Waals surface area contributed by atoms with Crippen LogP contribution in [0.1, 0.15) is 25.0 Å². The van der Waals surface area contributed by atoms with Crippen LogP contribution in [0.4, 0.5) is 0 Å². The molecule has 2 aromatic rings. The average Bonchev–Trinajstić information content (AvgIpc) is 2.90. The third-order valence-electron chi connectivity index (χ3n) is 5.78. The van der Waals surface area contributed by atoms with Crippen molar-refractivity contribution in [1.82, 2.24) is 9.21 Å². The highest BCUT2D eigenvalue weighted by molar-refractivity contribution is 7.89. The maximum absolute atomic E-state index is 12.6. The number of hydrogen-bond acceptors (Lipinski definition) is 4. The Morgan fingerprint density at radius 3 is 2.17 bits per heavy atom. The first-order chi connectivity index (χ1) is 14.5. The molecule has 0 N–H and O–H groups in total. The molecule has 0 amide bonds. The maximum atomic E-state index is 12.6. The Hall–Kier alpha value is -2.57. The van der Waals surface area contributed by atoms with Crippen molar-refractivity contribution in [2.75, 3.05) is 26.2 Å². The predicted octanol–water partition coefficient (Wildman–Crippen LogP) is 4.36. The van der Waals surface area contributed by atoms with Gasteiger partial charge in [-0.3, -0.25) is 0 Å². The van der Waals surface area contributed by atoms with Crippen LogP contribution in [-0.2, 0) is 22.9 Å². The van der Waals surface area contributed by atoms with E-state index in [2.05, 4.69) is 35.3 Å². The molecular weight excluding hydrogens is 396 g/mol. The Labute approximate surface area is 179 Å². The van der Waals surface area contributed by atoms with Gasteiger partial charge in [-0.1, -0.05) is 26.0 Å². The van der Waals surface area contributed by atoms with E-state index in [1.165, 1.54) is 21.1 Å². The molecule has 0 saturated carbocycles. The van der Waals surface area contributed by atoms with E-state index in [4.69, 9.17) is 4.74 Å². The standard InChI is InChI=1S/C24H28N2O3S/c1-3-26(4-2)30(27,28)24-12-10-22(11-13-24)29-23-9-8-19-14-16-25(21-6-5-7-21)17-15-20(19)18-23/h5-13,18H,3-4,14-17H2,1-2H3. The first kappa shape index (κ1) is 20.7. The van der Waals surface area contributed by atoms with E-state index >= 15 is 0 Å². The number of fused-ring (bicyclic) bond motifs is 1. The lowest BCUT2D eigenvalue weighted by molar-refractivity contribution is 0.370. The summed E-state index contributed by atoms with van der Waals surface area (Å²) in [6.07, 6.45) is 8.42. The molecule has 0 fully saturated rings. The van der Waals surface area contributed by atoms with Crippen molar-refractivity contribution in [2.45, 2.75) is 31.6 Å². The number of allylic oxidation sites excluding steroid dienone is 3. The first-order valence-corrected chi connectivity index (χ1v) is 12.0. The molecule has 158 valence electrons. The van der Waals surface area contributed by atoms with Gasteiger partial charge in [0.1, 0.15) is 11.5 Å². The molecular formula is C24H28N2O3S. The van der Waals surface area contributed by atoms with Gasteiger partial charge in [0, 0.05) is 31.9 Å². The van der Waals surface area contributed by atoms with Crippen LogP contribution in [0.25, 0.3) is 0 Å². The van der Waals surface area contributed by atoms with Gasteiger partial charge in [-0.05, 0) is 72.5 Å². The maximum Gasteiger partial charge on any atom is 0.243 e. The number of benzene rings is 2. The molecule has 1 heterocycles. The molecule has 0 bridgehead atoms. The quantitative estimate of drug-likeness (QED) is 0.663. The summed E-state index contributed by atoms with van der Waals surface area (Å²) in [6, 6.07) is 12.9. The lowest BCUT2D eigenvalue weighted by Gasteiger charge is -2.26. The second kappa shape index (κ2) is 8.66. The Bertz CT molecular complexity index is 1070. The fourth-order valence-corrected chi connectivity index (χ4v) is 5.40. The van der Waals surface area contributed by atoms with Crippen LogP contribution < -0.4 is 4.74 Å². The summed E-state index contributed by atoms with van der Waals surface area (Å²) in [6.45, 7) is 6.64. The van der Waals surface area contributed by atoms with E-state index in [1.54, 1.807) is 24.3 Å². The molecule has 2 aromatic carbocycles. The molecule has 30 heavy (non-hydrogen) atoms. The lowest BCUT2D eigenvalue weighted by Crippen LogP contribution is -2.30. The fourth-order valence-electron chi connectivity index (χ4n) is 3.94. The van der Waals surface area contributed by atoms with Crippen molar-refractivity contribution in [3.8, 4) is 11.5 Å². The molecule has 5 nitrogen and oxygen atoms in total. The Balaban J connectivity index is 1.46. The molecule has 0 radical (unpaired) electrons. The van der Waals surface area contributed by atoms with E-state index in [0.29, 0.717) is 23.7 Å². The van der Waals surface area contributed by atoms with E-state index in [-0.39, 0.29) is 0 Å². The third kappa shape index (κ3) is 4.16. The summed E-state index contributed by atoms with van der Waals surface area (Å²) >= 11 is 0. The second-order valence-electron chi connectivity index (χ2n) is 7.53. The SMILES string of the molecule is CCN(CC)S(=O)(=O)c1ccc(Oc2ccc3c(c2)CCN(C2=CC=C2)CC3)cc1. The zero-order valence-corrected chi connectivity index (χ0v) is 18.4. The molecule has 1 aliphatic carbocycles. The molecule has 4 rings (SSSR count). The average molecular weight is 425 g/mol. The van der Waals surface area contributed by atoms with E-state index in [0.717, 1.165) is 31.7 Å². The summed E-state index contributed by atoms with van der Waals surface area (Å²) in [4.78, 5) is 2.72. The molecule has 0 unspecified atom stereocenters. The van der Waals surface area contributed by atoms with E-state index < -0.39 is 10.0 Å². The smallest absolute Gasteiger partial charge is 0.243 e. The Morgan fingerprint density at radius 1 is 0.933 bits per heavy atom. The van der Waals surface area contributed by atoms with Gasteiger partial charge in [-0.15, -0.1) is 0 Å². The van der Waals surface area contributed by atoms with E-state index in [1.807, 2.05) is 19.9 Å². The number of ether oxygens (including phenoxy) is 1. The summed E-state index contributed by atoms with van der Waals surface area (Å²) in [5.74, 6) is 1.41. The zero-order chi connectivity index (χ0) is 21.1. The van der Waals surface area contributed by atoms with Crippen LogP contribution >= 0.6 is 0 Å². The lowest BCUT2D eigenvalue weighted by atomic mass is 10.0. The number of sulfonamides is 1. The van der Waals surface area contributed by atoms with Crippen molar-refractivity contribution in [2.24, 2.45) is 0 Å². The fraction of sp³-hybridized carbons (Fsp3) is 0.333. The number of nitrogens with zero attached hydrogens (tertiary/aromatic N) is 2. The van der Waals surface area contributed by atoms with Gasteiger partial charge >= 0.3 is 0 Å². The molecule has 0 saturated heterocycles. The van der Waals surface area contributed by atoms with Crippen LogP contribution in [0.2, 0.25) is 0 Å². The van der Waals surface area contributed by atoms with E-state index in [9.17, 15) is 8.42 Å². The minimum atomic E-state index is -3.45. The van der Waals surface area contributed by atoms with Crippen LogP contribution in [0, 0.1) is 0 Å². The second-order valence-corrected chi connectivity index (χ2v) is 9.47. The molecule has 0 aromatic heterocycles. The molecule has 0 spiro atoms. The summed E-state index contributed by atoms with van der Waals surface area (Å²) < 4.78 is 32.7. The highest BCUT2D eigenvalue weighted by atomic mass is 32.2. The molecule has 0 atom stereocenters. The molecule has 1 aliphatic heterocycles.